The Morgan fingerprint density at radius 2 is 0.646 bits per heavy atom. The molecule has 19 heteroatoms. The van der Waals surface area contributed by atoms with Crippen molar-refractivity contribution in [1.29, 1.82) is 0 Å². The van der Waals surface area contributed by atoms with E-state index in [-0.39, 0.29) is 28.9 Å². The number of rotatable bonds is 13. The number of terminal acetylenes is 5. The van der Waals surface area contributed by atoms with Crippen molar-refractivity contribution in [3.63, 3.8) is 0 Å². The fourth-order valence-corrected chi connectivity index (χ4v) is 23.4. The van der Waals surface area contributed by atoms with E-state index in [9.17, 15) is 24.0 Å². The van der Waals surface area contributed by atoms with Crippen molar-refractivity contribution in [1.82, 2.24) is 59.2 Å². The summed E-state index contributed by atoms with van der Waals surface area (Å²) in [6.07, 6.45) is 76.9. The average Bonchev–Trinajstić information content (AvgIpc) is 1.24. The highest BCUT2D eigenvalue weighted by atomic mass is 16.1. The van der Waals surface area contributed by atoms with Crippen molar-refractivity contribution in [3.8, 4) is 61.7 Å². The number of anilines is 2. The zero-order valence-electron chi connectivity index (χ0n) is 77.3. The number of likely N-dealkylation sites (tertiary alicyclic amines) is 5. The van der Waals surface area contributed by atoms with Gasteiger partial charge in [0.15, 0.2) is 28.9 Å². The van der Waals surface area contributed by atoms with E-state index in [1.807, 2.05) is 30.9 Å². The van der Waals surface area contributed by atoms with Gasteiger partial charge in [0.05, 0.1) is 62.0 Å². The minimum Gasteiger partial charge on any atom is -0.370 e. The first-order chi connectivity index (χ1) is 63.0. The lowest BCUT2D eigenvalue weighted by Crippen LogP contribution is -2.45. The molecule has 5 spiro atoms. The Kier molecular flexibility index (Phi) is 24.5. The molecule has 130 heavy (non-hydrogen) atoms. The quantitative estimate of drug-likeness (QED) is 0.102. The van der Waals surface area contributed by atoms with Gasteiger partial charge in [-0.1, -0.05) is 55.4 Å². The number of piperidine rings is 5. The highest BCUT2D eigenvalue weighted by Crippen LogP contribution is 2.58. The summed E-state index contributed by atoms with van der Waals surface area (Å²) >= 11 is 0. The maximum absolute atomic E-state index is 12.8. The molecule has 0 aromatic carbocycles. The number of hydrogen-bond acceptors (Lipinski definition) is 19. The number of hydrogen-bond donors (Lipinski definition) is 0. The number of carbonyl (C=O) groups is 5. The molecule has 18 aliphatic rings. The first-order valence-corrected chi connectivity index (χ1v) is 48.9. The molecule has 12 aliphatic carbocycles. The molecule has 6 aliphatic heterocycles. The SMILES string of the molecule is C#CC1=C(N2CCC3(CC2)CC3)c2cc(C3CC3)ncc2CC1=O.C#CC1=C(N2CCC3(CC2)CC3)c2cc(C=C)ncc2CC1=O.C#CC1=C(N2CCC3(CCC3)CC2)c2cc(C3CC3)ncc2CC1=O.C#CC1=C(N2CCC3(CCC3)CC2)c2cc(N(C)CCN(C)C)ncc2CC1=O.C#CC1=C(N2CCC3(CCC3)CC2)c2cc(N3CCN(C)CC3)ncc2CC1=O. The van der Waals surface area contributed by atoms with Gasteiger partial charge in [0, 0.05) is 226 Å². The lowest BCUT2D eigenvalue weighted by Gasteiger charge is -2.49. The molecule has 19 nitrogen and oxygen atoms in total. The summed E-state index contributed by atoms with van der Waals surface area (Å²) < 4.78 is 0. The summed E-state index contributed by atoms with van der Waals surface area (Å²) in [7, 11) is 8.38. The summed E-state index contributed by atoms with van der Waals surface area (Å²) in [5.74, 6) is 17.0. The van der Waals surface area contributed by atoms with Crippen molar-refractivity contribution in [3.05, 3.63) is 168 Å². The summed E-state index contributed by atoms with van der Waals surface area (Å²) in [6, 6.07) is 10.8. The second-order valence-corrected chi connectivity index (χ2v) is 41.8. The highest BCUT2D eigenvalue weighted by Gasteiger charge is 2.50. The maximum atomic E-state index is 12.8. The number of Topliss-reactive ketones (excluding diaryl/α,β-unsaturated/α-hetero) is 5. The third-order valence-electron chi connectivity index (χ3n) is 33.5. The van der Waals surface area contributed by atoms with Gasteiger partial charge in [0.2, 0.25) is 0 Å². The Balaban J connectivity index is 0.000000106. The molecule has 672 valence electrons. The van der Waals surface area contributed by atoms with Crippen LogP contribution in [-0.2, 0) is 56.1 Å². The van der Waals surface area contributed by atoms with E-state index in [1.165, 1.54) is 196 Å². The average molecular weight is 1740 g/mol. The Hall–Kier alpha value is -11.1. The normalized spacial score (nSPS) is 23.2. The molecule has 0 bridgehead atoms. The molecule has 0 N–H and O–H groups in total. The van der Waals surface area contributed by atoms with Crippen LogP contribution < -0.4 is 9.80 Å². The van der Waals surface area contributed by atoms with Gasteiger partial charge in [-0.05, 0) is 267 Å². The van der Waals surface area contributed by atoms with E-state index in [4.69, 9.17) is 37.1 Å². The molecular weight excluding hydrogens is 1610 g/mol. The number of likely N-dealkylation sites (N-methyl/N-ethyl adjacent to an activating group) is 3. The molecule has 0 unspecified atom stereocenters. The lowest BCUT2D eigenvalue weighted by molar-refractivity contribution is -0.115. The Morgan fingerprint density at radius 3 is 0.938 bits per heavy atom. The molecule has 6 saturated heterocycles. The fourth-order valence-electron chi connectivity index (χ4n) is 23.4. The Morgan fingerprint density at radius 1 is 0.354 bits per heavy atom. The van der Waals surface area contributed by atoms with Gasteiger partial charge >= 0.3 is 0 Å². The molecular formula is C111H128N14O5. The topological polar surface area (TPSA) is 179 Å². The van der Waals surface area contributed by atoms with Crippen LogP contribution in [0.15, 0.2) is 95.8 Å². The zero-order chi connectivity index (χ0) is 90.0. The number of nitrogens with zero attached hydrogens (tertiary/aromatic N) is 14. The van der Waals surface area contributed by atoms with Crippen LogP contribution in [0.5, 0.6) is 0 Å². The number of ketones is 5. The van der Waals surface area contributed by atoms with E-state index < -0.39 is 0 Å². The minimum atomic E-state index is 0.0369. The third kappa shape index (κ3) is 17.8. The van der Waals surface area contributed by atoms with Crippen molar-refractivity contribution >= 4 is 75.1 Å². The van der Waals surface area contributed by atoms with Gasteiger partial charge in [0.25, 0.3) is 0 Å². The zero-order valence-corrected chi connectivity index (χ0v) is 77.3. The molecule has 13 fully saturated rings. The van der Waals surface area contributed by atoms with Gasteiger partial charge in [-0.3, -0.25) is 38.9 Å². The third-order valence-corrected chi connectivity index (χ3v) is 33.5. The lowest BCUT2D eigenvalue weighted by atomic mass is 9.63. The van der Waals surface area contributed by atoms with Crippen LogP contribution in [0.1, 0.15) is 258 Å². The van der Waals surface area contributed by atoms with Crippen LogP contribution >= 0.6 is 0 Å². The van der Waals surface area contributed by atoms with Crippen LogP contribution in [0, 0.1) is 88.8 Å². The predicted molar refractivity (Wildman–Crippen MR) is 515 cm³/mol. The van der Waals surface area contributed by atoms with E-state index in [2.05, 4.69) is 153 Å². The molecule has 7 saturated carbocycles. The van der Waals surface area contributed by atoms with Gasteiger partial charge < -0.3 is 44.1 Å². The number of aromatic nitrogens is 5. The molecule has 0 radical (unpaired) electrons. The number of allylic oxidation sites excluding steroid dienone is 5. The van der Waals surface area contributed by atoms with Crippen LogP contribution in [0.3, 0.4) is 0 Å². The van der Waals surface area contributed by atoms with Crippen LogP contribution in [-0.4, -0.2) is 221 Å². The minimum absolute atomic E-state index is 0.0369. The van der Waals surface area contributed by atoms with E-state index in [0.29, 0.717) is 98.9 Å². The van der Waals surface area contributed by atoms with Crippen molar-refractivity contribution < 1.29 is 24.0 Å². The number of carbonyl (C=O) groups excluding carboxylic acids is 5. The first kappa shape index (κ1) is 88.1. The predicted octanol–water partition coefficient (Wildman–Crippen LogP) is 15.5. The molecule has 0 atom stereocenters. The van der Waals surface area contributed by atoms with Crippen LogP contribution in [0.2, 0.25) is 0 Å². The summed E-state index contributed by atoms with van der Waals surface area (Å²) in [4.78, 5) is 107. The second kappa shape index (κ2) is 36.2. The molecule has 11 heterocycles. The van der Waals surface area contributed by atoms with Gasteiger partial charge in [0.1, 0.15) is 11.6 Å². The molecule has 5 aromatic heterocycles. The fraction of sp³-hybridized carbons (Fsp3) is 0.532. The summed E-state index contributed by atoms with van der Waals surface area (Å²) in [6.45, 7) is 19.7. The van der Waals surface area contributed by atoms with Crippen LogP contribution in [0.25, 0.3) is 34.6 Å². The highest BCUT2D eigenvalue weighted by molar-refractivity contribution is 6.14. The second-order valence-electron chi connectivity index (χ2n) is 41.8. The number of pyridine rings is 5. The first-order valence-electron chi connectivity index (χ1n) is 48.9. The summed E-state index contributed by atoms with van der Waals surface area (Å²) in [5, 5.41) is 0. The van der Waals surface area contributed by atoms with E-state index in [0.717, 1.165) is 195 Å². The smallest absolute Gasteiger partial charge is 0.177 e. The van der Waals surface area contributed by atoms with E-state index in [1.54, 1.807) is 12.3 Å². The van der Waals surface area contributed by atoms with Crippen LogP contribution in [0.4, 0.5) is 11.6 Å². The molecule has 5 aromatic rings. The van der Waals surface area contributed by atoms with Gasteiger partial charge in [-0.25, -0.2) is 9.97 Å². The van der Waals surface area contributed by atoms with Crippen molar-refractivity contribution in [2.75, 3.05) is 143 Å². The van der Waals surface area contributed by atoms with Crippen molar-refractivity contribution in [2.45, 2.75) is 217 Å². The Labute approximate surface area is 771 Å². The van der Waals surface area contributed by atoms with E-state index >= 15 is 0 Å². The molecule has 0 amide bonds. The number of piperazine rings is 1. The Bertz CT molecular complexity index is 5770. The van der Waals surface area contributed by atoms with Crippen molar-refractivity contribution in [2.24, 2.45) is 27.1 Å². The monoisotopic (exact) mass is 1740 g/mol. The molecule has 23 rings (SSSR count). The number of fused-ring (bicyclic) bond motifs is 5. The van der Waals surface area contributed by atoms with Gasteiger partial charge in [-0.2, -0.15) is 0 Å². The summed E-state index contributed by atoms with van der Waals surface area (Å²) in [5.41, 5.74) is 24.6. The standard InChI is InChI=1S/C24H30N4O.C24H32N4O.C22H24N2O.C21H22N2O.C20H20N2O/c1-3-19-21(29)15-18-17-25-22(27-13-11-26(2)12-14-27)16-20(18)23(19)28-9-7-24(8-10-28)5-4-6-24;1-5-19-21(29)15-18-17-25-22(27(4)14-13-26(2)3)16-20(18)23(19)28-11-9-24(10-12-28)7-6-8-24;1-2-17-20(25)12-16-14-23-19(15-4-5-15)13-18(16)21(17)24-10-8-22(9-11-24)6-3-7-22;1-2-16-19(24)11-15-13-22-18(14-3-4-14)12-17(15)20(16)23-9-7-21(5-6-21)8-10-23;1-3-15-12-17-14(13-21-15)11-18(23)16(4-2)19(17)22-9-7-20(5-6-20)8-10-22/h1,16-17H,4-15H2,2H3;1,16-17H,6-15H2,2-4H3;1,13-15H,3-12H2;1,12-14H,3-11H2;2-3,12-13H,1,5-11H2. The largest absolute Gasteiger partial charge is 0.370 e. The van der Waals surface area contributed by atoms with Gasteiger partial charge in [-0.15, -0.1) is 32.1 Å². The maximum Gasteiger partial charge on any atom is 0.177 e.